The Labute approximate surface area is 96.9 Å². The van der Waals surface area contributed by atoms with E-state index >= 15 is 0 Å². The van der Waals surface area contributed by atoms with Crippen molar-refractivity contribution in [2.45, 2.75) is 25.2 Å². The van der Waals surface area contributed by atoms with Crippen LogP contribution in [0.1, 0.15) is 6.92 Å². The van der Waals surface area contributed by atoms with Gasteiger partial charge in [-0.1, -0.05) is 0 Å². The van der Waals surface area contributed by atoms with Gasteiger partial charge in [-0.3, -0.25) is 4.90 Å². The third-order valence-electron chi connectivity index (χ3n) is 2.87. The molecule has 2 rings (SSSR count). The summed E-state index contributed by atoms with van der Waals surface area (Å²) in [5.74, 6) is 0.643. The topological polar surface area (TPSA) is 41.0 Å². The zero-order valence-electron chi connectivity index (χ0n) is 9.28. The highest BCUT2D eigenvalue weighted by atomic mass is 19.4. The maximum Gasteiger partial charge on any atom is 0.403 e. The molecule has 0 spiro atoms. The molecule has 0 aromatic carbocycles. The molecular weight excluding hydrogens is 233 g/mol. The second-order valence-corrected chi connectivity index (χ2v) is 4.11. The number of rotatable bonds is 3. The Morgan fingerprint density at radius 1 is 1.47 bits per heavy atom. The van der Waals surface area contributed by atoms with E-state index in [2.05, 4.69) is 15.3 Å². The fourth-order valence-corrected chi connectivity index (χ4v) is 1.71. The average molecular weight is 246 g/mol. The van der Waals surface area contributed by atoms with E-state index in [-0.39, 0.29) is 6.04 Å². The minimum absolute atomic E-state index is 0.0229. The number of nitrogens with one attached hydrogen (secondary N) is 1. The van der Waals surface area contributed by atoms with Crippen LogP contribution in [0, 0.1) is 0 Å². The number of nitrogens with zero attached hydrogens (tertiary/aromatic N) is 3. The van der Waals surface area contributed by atoms with Gasteiger partial charge < -0.3 is 5.32 Å². The van der Waals surface area contributed by atoms with Crippen LogP contribution in [-0.2, 0) is 0 Å². The highest BCUT2D eigenvalue weighted by molar-refractivity contribution is 5.34. The van der Waals surface area contributed by atoms with Crippen molar-refractivity contribution in [2.24, 2.45) is 0 Å². The lowest BCUT2D eigenvalue weighted by Gasteiger charge is -2.43. The van der Waals surface area contributed by atoms with Crippen molar-refractivity contribution in [2.75, 3.05) is 18.4 Å². The molecule has 4 nitrogen and oxygen atoms in total. The van der Waals surface area contributed by atoms with Gasteiger partial charge in [0.2, 0.25) is 0 Å². The lowest BCUT2D eigenvalue weighted by atomic mass is 10.1. The Kier molecular flexibility index (Phi) is 3.19. The molecule has 1 aliphatic rings. The Bertz CT molecular complexity index is 362. The van der Waals surface area contributed by atoms with Gasteiger partial charge in [0.25, 0.3) is 0 Å². The summed E-state index contributed by atoms with van der Waals surface area (Å²) >= 11 is 0. The summed E-state index contributed by atoms with van der Waals surface area (Å²) in [7, 11) is 0. The summed E-state index contributed by atoms with van der Waals surface area (Å²) in [5.41, 5.74) is 0. The van der Waals surface area contributed by atoms with Crippen molar-refractivity contribution < 1.29 is 13.2 Å². The average Bonchev–Trinajstić information content (AvgIpc) is 2.22. The Morgan fingerprint density at radius 2 is 2.18 bits per heavy atom. The van der Waals surface area contributed by atoms with Crippen molar-refractivity contribution in [3.05, 3.63) is 18.6 Å². The molecule has 1 aromatic rings. The molecule has 1 unspecified atom stereocenters. The van der Waals surface area contributed by atoms with E-state index in [0.29, 0.717) is 18.9 Å². The largest absolute Gasteiger partial charge is 0.403 e. The first-order valence-electron chi connectivity index (χ1n) is 5.30. The first kappa shape index (κ1) is 12.1. The molecule has 17 heavy (non-hydrogen) atoms. The van der Waals surface area contributed by atoms with E-state index in [1.807, 2.05) is 0 Å². The van der Waals surface area contributed by atoms with Crippen LogP contribution in [0.4, 0.5) is 19.0 Å². The molecule has 1 aliphatic heterocycles. The number of aromatic nitrogens is 2. The molecule has 1 saturated heterocycles. The summed E-state index contributed by atoms with van der Waals surface area (Å²) in [6, 6.07) is 0.330. The van der Waals surface area contributed by atoms with Crippen molar-refractivity contribution in [1.82, 2.24) is 14.9 Å². The van der Waals surface area contributed by atoms with Crippen LogP contribution in [-0.4, -0.2) is 46.2 Å². The normalized spacial score (nSPS) is 19.8. The Balaban J connectivity index is 1.80. The second kappa shape index (κ2) is 4.48. The molecule has 94 valence electrons. The third-order valence-corrected chi connectivity index (χ3v) is 2.87. The smallest absolute Gasteiger partial charge is 0.365 e. The van der Waals surface area contributed by atoms with Gasteiger partial charge in [0.05, 0.1) is 6.04 Å². The number of hydrogen-bond donors (Lipinski definition) is 1. The summed E-state index contributed by atoms with van der Waals surface area (Å²) in [5, 5.41) is 3.05. The van der Waals surface area contributed by atoms with Gasteiger partial charge in [0.1, 0.15) is 18.2 Å². The fourth-order valence-electron chi connectivity index (χ4n) is 1.71. The lowest BCUT2D eigenvalue weighted by molar-refractivity contribution is -0.188. The molecule has 1 fully saturated rings. The van der Waals surface area contributed by atoms with Crippen LogP contribution in [0.3, 0.4) is 0 Å². The molecule has 0 aliphatic carbocycles. The molecule has 0 amide bonds. The predicted molar refractivity (Wildman–Crippen MR) is 56.5 cm³/mol. The monoisotopic (exact) mass is 246 g/mol. The SMILES string of the molecule is CC(N1CC(Nc2ccncn2)C1)C(F)(F)F. The predicted octanol–water partition coefficient (Wildman–Crippen LogP) is 1.52. The van der Waals surface area contributed by atoms with Gasteiger partial charge in [0, 0.05) is 19.3 Å². The summed E-state index contributed by atoms with van der Waals surface area (Å²) in [6.45, 7) is 1.94. The number of alkyl halides is 3. The van der Waals surface area contributed by atoms with E-state index in [0.717, 1.165) is 0 Å². The highest BCUT2D eigenvalue weighted by Crippen LogP contribution is 2.28. The van der Waals surface area contributed by atoms with Crippen molar-refractivity contribution in [3.8, 4) is 0 Å². The van der Waals surface area contributed by atoms with Gasteiger partial charge in [-0.2, -0.15) is 13.2 Å². The van der Waals surface area contributed by atoms with Gasteiger partial charge >= 0.3 is 6.18 Å². The van der Waals surface area contributed by atoms with Gasteiger partial charge in [-0.15, -0.1) is 0 Å². The lowest BCUT2D eigenvalue weighted by Crippen LogP contribution is -2.61. The first-order valence-corrected chi connectivity index (χ1v) is 5.30. The molecule has 7 heteroatoms. The van der Waals surface area contributed by atoms with Crippen LogP contribution in [0.5, 0.6) is 0 Å². The van der Waals surface area contributed by atoms with Crippen molar-refractivity contribution in [1.29, 1.82) is 0 Å². The summed E-state index contributed by atoms with van der Waals surface area (Å²) in [6.07, 6.45) is -1.17. The summed E-state index contributed by atoms with van der Waals surface area (Å²) < 4.78 is 37.2. The van der Waals surface area contributed by atoms with Crippen LogP contribution < -0.4 is 5.32 Å². The van der Waals surface area contributed by atoms with Crippen molar-refractivity contribution >= 4 is 5.82 Å². The van der Waals surface area contributed by atoms with E-state index in [1.54, 1.807) is 12.3 Å². The number of anilines is 1. The van der Waals surface area contributed by atoms with E-state index in [9.17, 15) is 13.2 Å². The molecular formula is C10H13F3N4. The molecule has 0 radical (unpaired) electrons. The molecule has 0 saturated carbocycles. The maximum atomic E-state index is 12.4. The Morgan fingerprint density at radius 3 is 2.71 bits per heavy atom. The number of likely N-dealkylation sites (tertiary alicyclic amines) is 1. The maximum absolute atomic E-state index is 12.4. The van der Waals surface area contributed by atoms with Gasteiger partial charge in [-0.05, 0) is 13.0 Å². The van der Waals surface area contributed by atoms with E-state index in [1.165, 1.54) is 18.2 Å². The van der Waals surface area contributed by atoms with Crippen LogP contribution in [0.2, 0.25) is 0 Å². The van der Waals surface area contributed by atoms with Gasteiger partial charge in [0.15, 0.2) is 0 Å². The highest BCUT2D eigenvalue weighted by Gasteiger charge is 2.44. The Hall–Kier alpha value is -1.37. The number of halogens is 3. The summed E-state index contributed by atoms with van der Waals surface area (Å²) in [4.78, 5) is 9.11. The van der Waals surface area contributed by atoms with Crippen LogP contribution in [0.25, 0.3) is 0 Å². The van der Waals surface area contributed by atoms with Crippen LogP contribution >= 0.6 is 0 Å². The van der Waals surface area contributed by atoms with Gasteiger partial charge in [-0.25, -0.2) is 9.97 Å². The van der Waals surface area contributed by atoms with E-state index < -0.39 is 12.2 Å². The number of hydrogen-bond acceptors (Lipinski definition) is 4. The molecule has 0 bridgehead atoms. The quantitative estimate of drug-likeness (QED) is 0.878. The minimum Gasteiger partial charge on any atom is -0.365 e. The van der Waals surface area contributed by atoms with E-state index in [4.69, 9.17) is 0 Å². The van der Waals surface area contributed by atoms with Crippen molar-refractivity contribution in [3.63, 3.8) is 0 Å². The molecule has 1 N–H and O–H groups in total. The van der Waals surface area contributed by atoms with Crippen LogP contribution in [0.15, 0.2) is 18.6 Å². The first-order chi connectivity index (χ1) is 7.97. The third kappa shape index (κ3) is 2.85. The molecule has 1 aromatic heterocycles. The minimum atomic E-state index is -4.15. The zero-order chi connectivity index (χ0) is 12.5. The fraction of sp³-hybridized carbons (Fsp3) is 0.600. The second-order valence-electron chi connectivity index (χ2n) is 4.11. The molecule has 2 heterocycles. The standard InChI is InChI=1S/C10H13F3N4/c1-7(10(11,12)13)17-4-8(5-17)16-9-2-3-14-6-15-9/h2-3,6-8H,4-5H2,1H3,(H,14,15,16). The zero-order valence-corrected chi connectivity index (χ0v) is 9.28. The molecule has 1 atom stereocenters.